The Labute approximate surface area is 115 Å². The third-order valence-corrected chi connectivity index (χ3v) is 2.90. The Morgan fingerprint density at radius 2 is 2.05 bits per heavy atom. The van der Waals surface area contributed by atoms with Crippen LogP contribution >= 0.6 is 0 Å². The van der Waals surface area contributed by atoms with Gasteiger partial charge in [0.05, 0.1) is 13.7 Å². The van der Waals surface area contributed by atoms with E-state index in [0.717, 1.165) is 43.7 Å². The summed E-state index contributed by atoms with van der Waals surface area (Å²) in [4.78, 5) is 11.5. The molecule has 1 aromatic rings. The van der Waals surface area contributed by atoms with Crippen LogP contribution in [0.4, 0.5) is 0 Å². The van der Waals surface area contributed by atoms with Crippen LogP contribution in [0.3, 0.4) is 0 Å². The first-order valence-electron chi connectivity index (χ1n) is 6.87. The lowest BCUT2D eigenvalue weighted by atomic mass is 10.1. The Bertz CT molecular complexity index is 380. The quantitative estimate of drug-likeness (QED) is 0.668. The number of hydrogen-bond acceptors (Lipinski definition) is 3. The molecule has 0 aliphatic carbocycles. The molecule has 0 aromatic heterocycles. The topological polar surface area (TPSA) is 50.4 Å². The van der Waals surface area contributed by atoms with Gasteiger partial charge in [-0.05, 0) is 31.0 Å². The number of nitrogens with one attached hydrogen (secondary N) is 2. The van der Waals surface area contributed by atoms with Crippen molar-refractivity contribution in [2.24, 2.45) is 0 Å². The van der Waals surface area contributed by atoms with E-state index in [1.54, 1.807) is 7.11 Å². The van der Waals surface area contributed by atoms with Crippen LogP contribution in [-0.4, -0.2) is 32.7 Å². The molecule has 0 bridgehead atoms. The first-order valence-corrected chi connectivity index (χ1v) is 6.87. The summed E-state index contributed by atoms with van der Waals surface area (Å²) >= 11 is 0. The zero-order chi connectivity index (χ0) is 13.9. The van der Waals surface area contributed by atoms with Crippen molar-refractivity contribution in [2.75, 3.05) is 26.7 Å². The summed E-state index contributed by atoms with van der Waals surface area (Å²) in [6, 6.07) is 7.95. The Hall–Kier alpha value is -1.55. The summed E-state index contributed by atoms with van der Waals surface area (Å²) in [6.45, 7) is 4.02. The predicted molar refractivity (Wildman–Crippen MR) is 77.5 cm³/mol. The van der Waals surface area contributed by atoms with Crippen LogP contribution in [0.15, 0.2) is 24.3 Å². The monoisotopic (exact) mass is 264 g/mol. The van der Waals surface area contributed by atoms with Crippen molar-refractivity contribution in [1.82, 2.24) is 10.6 Å². The van der Waals surface area contributed by atoms with Gasteiger partial charge in [-0.1, -0.05) is 31.5 Å². The fourth-order valence-electron chi connectivity index (χ4n) is 1.80. The van der Waals surface area contributed by atoms with E-state index < -0.39 is 0 Å². The highest BCUT2D eigenvalue weighted by atomic mass is 16.5. The molecule has 0 unspecified atom stereocenters. The van der Waals surface area contributed by atoms with Gasteiger partial charge in [0.2, 0.25) is 5.91 Å². The Morgan fingerprint density at radius 1 is 1.26 bits per heavy atom. The highest BCUT2D eigenvalue weighted by molar-refractivity contribution is 5.77. The number of hydrogen-bond donors (Lipinski definition) is 2. The van der Waals surface area contributed by atoms with Gasteiger partial charge in [-0.15, -0.1) is 0 Å². The molecule has 0 saturated carbocycles. The second-order valence-electron chi connectivity index (χ2n) is 4.44. The molecule has 4 heteroatoms. The summed E-state index contributed by atoms with van der Waals surface area (Å²) in [5.41, 5.74) is 1.16. The van der Waals surface area contributed by atoms with Crippen LogP contribution in [-0.2, 0) is 11.2 Å². The number of unbranched alkanes of at least 4 members (excludes halogenated alkanes) is 1. The van der Waals surface area contributed by atoms with Crippen molar-refractivity contribution in [3.05, 3.63) is 29.8 Å². The number of amides is 1. The average Bonchev–Trinajstić information content (AvgIpc) is 2.44. The molecule has 0 saturated heterocycles. The highest BCUT2D eigenvalue weighted by Crippen LogP contribution is 2.16. The lowest BCUT2D eigenvalue weighted by Gasteiger charge is -2.09. The van der Waals surface area contributed by atoms with Crippen molar-refractivity contribution in [3.8, 4) is 5.75 Å². The first-order chi connectivity index (χ1) is 9.27. The largest absolute Gasteiger partial charge is 0.496 e. The average molecular weight is 264 g/mol. The molecule has 1 rings (SSSR count). The van der Waals surface area contributed by atoms with Gasteiger partial charge >= 0.3 is 0 Å². The van der Waals surface area contributed by atoms with E-state index in [2.05, 4.69) is 17.6 Å². The number of benzene rings is 1. The van der Waals surface area contributed by atoms with Crippen molar-refractivity contribution >= 4 is 5.91 Å². The summed E-state index contributed by atoms with van der Waals surface area (Å²) in [5.74, 6) is 0.963. The molecule has 1 amide bonds. The van der Waals surface area contributed by atoms with Crippen LogP contribution in [0.5, 0.6) is 5.75 Å². The molecule has 4 nitrogen and oxygen atoms in total. The minimum Gasteiger partial charge on any atom is -0.496 e. The number of carbonyl (C=O) groups excluding carboxylic acids is 1. The first kappa shape index (κ1) is 15.5. The number of methoxy groups -OCH3 is 1. The predicted octanol–water partition coefficient (Wildman–Crippen LogP) is 1.74. The Morgan fingerprint density at radius 3 is 2.79 bits per heavy atom. The van der Waals surface area contributed by atoms with E-state index in [4.69, 9.17) is 4.74 Å². The van der Waals surface area contributed by atoms with Crippen LogP contribution < -0.4 is 15.4 Å². The van der Waals surface area contributed by atoms with Crippen LogP contribution in [0, 0.1) is 0 Å². The van der Waals surface area contributed by atoms with Gasteiger partial charge in [0, 0.05) is 6.54 Å². The summed E-state index contributed by atoms with van der Waals surface area (Å²) in [5, 5.41) is 6.02. The van der Waals surface area contributed by atoms with Crippen LogP contribution in [0.1, 0.15) is 25.3 Å². The molecular formula is C15H24N2O2. The van der Waals surface area contributed by atoms with Gasteiger partial charge in [-0.25, -0.2) is 0 Å². The highest BCUT2D eigenvalue weighted by Gasteiger charge is 2.02. The molecule has 0 radical (unpaired) electrons. The SMILES string of the molecule is CCCCNC(=O)CNCCc1ccccc1OC. The molecule has 0 spiro atoms. The lowest BCUT2D eigenvalue weighted by Crippen LogP contribution is -2.35. The zero-order valence-electron chi connectivity index (χ0n) is 11.9. The van der Waals surface area contributed by atoms with Crippen LogP contribution in [0.2, 0.25) is 0 Å². The normalized spacial score (nSPS) is 10.2. The summed E-state index contributed by atoms with van der Waals surface area (Å²) in [6.07, 6.45) is 2.99. The standard InChI is InChI=1S/C15H24N2O2/c1-3-4-10-17-15(18)12-16-11-9-13-7-5-6-8-14(13)19-2/h5-8,16H,3-4,9-12H2,1-2H3,(H,17,18). The van der Waals surface area contributed by atoms with Gasteiger partial charge in [0.1, 0.15) is 5.75 Å². The molecule has 19 heavy (non-hydrogen) atoms. The molecule has 0 aliphatic rings. The Balaban J connectivity index is 2.18. The third kappa shape index (κ3) is 6.25. The summed E-state index contributed by atoms with van der Waals surface area (Å²) < 4.78 is 5.28. The van der Waals surface area contributed by atoms with Gasteiger partial charge in [-0.2, -0.15) is 0 Å². The molecule has 0 fully saturated rings. The molecule has 0 aliphatic heterocycles. The fraction of sp³-hybridized carbons (Fsp3) is 0.533. The summed E-state index contributed by atoms with van der Waals surface area (Å²) in [7, 11) is 1.67. The molecule has 106 valence electrons. The van der Waals surface area contributed by atoms with E-state index in [1.807, 2.05) is 24.3 Å². The van der Waals surface area contributed by atoms with Crippen molar-refractivity contribution in [2.45, 2.75) is 26.2 Å². The Kier molecular flexibility index (Phi) is 7.66. The molecule has 2 N–H and O–H groups in total. The maximum Gasteiger partial charge on any atom is 0.233 e. The molecule has 0 atom stereocenters. The number of carbonyl (C=O) groups is 1. The van der Waals surface area contributed by atoms with E-state index >= 15 is 0 Å². The fourth-order valence-corrected chi connectivity index (χ4v) is 1.80. The smallest absolute Gasteiger partial charge is 0.233 e. The minimum atomic E-state index is 0.0634. The van der Waals surface area contributed by atoms with Gasteiger partial charge in [-0.3, -0.25) is 4.79 Å². The van der Waals surface area contributed by atoms with Gasteiger partial charge < -0.3 is 15.4 Å². The third-order valence-electron chi connectivity index (χ3n) is 2.90. The van der Waals surface area contributed by atoms with E-state index in [1.165, 1.54) is 0 Å². The van der Waals surface area contributed by atoms with Crippen LogP contribution in [0.25, 0.3) is 0 Å². The minimum absolute atomic E-state index is 0.0634. The van der Waals surface area contributed by atoms with E-state index in [0.29, 0.717) is 6.54 Å². The number of rotatable bonds is 9. The van der Waals surface area contributed by atoms with Gasteiger partial charge in [0.25, 0.3) is 0 Å². The van der Waals surface area contributed by atoms with Gasteiger partial charge in [0.15, 0.2) is 0 Å². The zero-order valence-corrected chi connectivity index (χ0v) is 11.9. The molecule has 1 aromatic carbocycles. The van der Waals surface area contributed by atoms with Crippen molar-refractivity contribution in [3.63, 3.8) is 0 Å². The van der Waals surface area contributed by atoms with E-state index in [9.17, 15) is 4.79 Å². The number of para-hydroxylation sites is 1. The molecule has 0 heterocycles. The molecular weight excluding hydrogens is 240 g/mol. The second kappa shape index (κ2) is 9.39. The van der Waals surface area contributed by atoms with E-state index in [-0.39, 0.29) is 5.91 Å². The second-order valence-corrected chi connectivity index (χ2v) is 4.44. The number of ether oxygens (including phenoxy) is 1. The maximum atomic E-state index is 11.5. The van der Waals surface area contributed by atoms with Crippen molar-refractivity contribution < 1.29 is 9.53 Å². The lowest BCUT2D eigenvalue weighted by molar-refractivity contribution is -0.120. The van der Waals surface area contributed by atoms with Crippen molar-refractivity contribution in [1.29, 1.82) is 0 Å². The maximum absolute atomic E-state index is 11.5.